The average molecular weight is 359 g/mol. The number of hydrogen-bond acceptors (Lipinski definition) is 5. The third-order valence-electron chi connectivity index (χ3n) is 6.24. The Morgan fingerprint density at radius 2 is 2.04 bits per heavy atom. The molecule has 0 unspecified atom stereocenters. The first kappa shape index (κ1) is 17.7. The molecule has 1 aromatic heterocycles. The molecule has 3 aliphatic rings. The summed E-state index contributed by atoms with van der Waals surface area (Å²) < 4.78 is 6.13. The van der Waals surface area contributed by atoms with E-state index in [9.17, 15) is 9.90 Å². The lowest BCUT2D eigenvalue weighted by molar-refractivity contribution is 0.0126. The minimum atomic E-state index is -0.336. The van der Waals surface area contributed by atoms with Crippen molar-refractivity contribution < 1.29 is 14.6 Å². The van der Waals surface area contributed by atoms with E-state index < -0.39 is 0 Å². The van der Waals surface area contributed by atoms with Gasteiger partial charge in [0.15, 0.2) is 0 Å². The van der Waals surface area contributed by atoms with E-state index in [1.807, 2.05) is 13.0 Å². The number of aromatic nitrogens is 1. The van der Waals surface area contributed by atoms with E-state index in [4.69, 9.17) is 9.72 Å². The third kappa shape index (κ3) is 3.09. The lowest BCUT2D eigenvalue weighted by Crippen LogP contribution is -2.38. The van der Waals surface area contributed by atoms with Crippen molar-refractivity contribution in [1.29, 1.82) is 0 Å². The summed E-state index contributed by atoms with van der Waals surface area (Å²) in [5, 5.41) is 9.67. The third-order valence-corrected chi connectivity index (χ3v) is 6.24. The van der Waals surface area contributed by atoms with Gasteiger partial charge in [-0.3, -0.25) is 4.79 Å². The van der Waals surface area contributed by atoms with Crippen molar-refractivity contribution in [2.24, 2.45) is 5.41 Å². The lowest BCUT2D eigenvalue weighted by Gasteiger charge is -2.34. The van der Waals surface area contributed by atoms with Crippen LogP contribution in [0, 0.1) is 12.3 Å². The van der Waals surface area contributed by atoms with Gasteiger partial charge in [0.1, 0.15) is 5.82 Å². The van der Waals surface area contributed by atoms with Gasteiger partial charge in [0, 0.05) is 20.1 Å². The summed E-state index contributed by atoms with van der Waals surface area (Å²) in [6, 6.07) is 1.60. The van der Waals surface area contributed by atoms with Gasteiger partial charge in [0.2, 0.25) is 0 Å². The number of carbonyl (C=O) groups is 1. The summed E-state index contributed by atoms with van der Waals surface area (Å²) >= 11 is 0. The van der Waals surface area contributed by atoms with Crippen LogP contribution >= 0.6 is 0 Å². The Labute approximate surface area is 155 Å². The molecule has 1 aromatic rings. The van der Waals surface area contributed by atoms with Crippen LogP contribution in [0.15, 0.2) is 6.07 Å². The zero-order valence-corrected chi connectivity index (χ0v) is 16.0. The quantitative estimate of drug-likeness (QED) is 0.874. The first-order valence-corrected chi connectivity index (χ1v) is 9.68. The number of likely N-dealkylation sites (N-methyl/N-ethyl adjacent to an activating group) is 1. The molecular formula is C20H29N3O3. The van der Waals surface area contributed by atoms with E-state index in [0.717, 1.165) is 43.9 Å². The SMILES string of the molecule is Cc1cc2c(nc1N1CCC(OCC3(C)CC3)CC1)[C@H](CO)N(C)C2=O. The molecule has 26 heavy (non-hydrogen) atoms. The number of fused-ring (bicyclic) bond motifs is 1. The predicted octanol–water partition coefficient (Wildman–Crippen LogP) is 2.29. The summed E-state index contributed by atoms with van der Waals surface area (Å²) in [5.41, 5.74) is 2.80. The maximum atomic E-state index is 12.4. The second-order valence-corrected chi connectivity index (χ2v) is 8.48. The first-order valence-electron chi connectivity index (χ1n) is 9.68. The molecule has 6 nitrogen and oxygen atoms in total. The minimum absolute atomic E-state index is 0.0538. The van der Waals surface area contributed by atoms with Crippen LogP contribution in [0.5, 0.6) is 0 Å². The van der Waals surface area contributed by atoms with Gasteiger partial charge in [-0.15, -0.1) is 0 Å². The van der Waals surface area contributed by atoms with E-state index in [0.29, 0.717) is 22.8 Å². The van der Waals surface area contributed by atoms with Crippen molar-refractivity contribution in [3.8, 4) is 0 Å². The number of rotatable bonds is 5. The minimum Gasteiger partial charge on any atom is -0.394 e. The number of pyridine rings is 1. The van der Waals surface area contributed by atoms with Crippen molar-refractivity contribution in [2.45, 2.75) is 51.7 Å². The van der Waals surface area contributed by atoms with Crippen molar-refractivity contribution in [2.75, 3.05) is 38.3 Å². The van der Waals surface area contributed by atoms with Crippen LogP contribution in [0.3, 0.4) is 0 Å². The highest BCUT2D eigenvalue weighted by Crippen LogP contribution is 2.45. The summed E-state index contributed by atoms with van der Waals surface area (Å²) in [7, 11) is 1.73. The van der Waals surface area contributed by atoms with Gasteiger partial charge in [-0.1, -0.05) is 6.92 Å². The Kier molecular flexibility index (Phi) is 4.43. The van der Waals surface area contributed by atoms with Crippen LogP contribution in [0.2, 0.25) is 0 Å². The van der Waals surface area contributed by atoms with Gasteiger partial charge in [-0.05, 0) is 49.7 Å². The topological polar surface area (TPSA) is 65.9 Å². The number of ether oxygens (including phenoxy) is 1. The van der Waals surface area contributed by atoms with E-state index >= 15 is 0 Å². The van der Waals surface area contributed by atoms with Crippen LogP contribution < -0.4 is 4.90 Å². The smallest absolute Gasteiger partial charge is 0.256 e. The predicted molar refractivity (Wildman–Crippen MR) is 99.4 cm³/mol. The molecule has 142 valence electrons. The summed E-state index contributed by atoms with van der Waals surface area (Å²) in [6.45, 7) is 6.94. The molecule has 1 N–H and O–H groups in total. The monoisotopic (exact) mass is 359 g/mol. The molecule has 3 heterocycles. The number of piperidine rings is 1. The van der Waals surface area contributed by atoms with Crippen molar-refractivity contribution in [1.82, 2.24) is 9.88 Å². The molecule has 1 amide bonds. The molecule has 4 rings (SSSR count). The maximum absolute atomic E-state index is 12.4. The normalized spacial score (nSPS) is 24.9. The molecule has 1 aliphatic carbocycles. The highest BCUT2D eigenvalue weighted by atomic mass is 16.5. The Morgan fingerprint density at radius 1 is 1.35 bits per heavy atom. The fraction of sp³-hybridized carbons (Fsp3) is 0.700. The van der Waals surface area contributed by atoms with Crippen LogP contribution in [-0.2, 0) is 4.74 Å². The number of carbonyl (C=O) groups excluding carboxylic acids is 1. The molecule has 0 aromatic carbocycles. The Bertz CT molecular complexity index is 708. The highest BCUT2D eigenvalue weighted by molar-refractivity contribution is 5.99. The molecule has 1 saturated carbocycles. The largest absolute Gasteiger partial charge is 0.394 e. The zero-order valence-electron chi connectivity index (χ0n) is 16.0. The van der Waals surface area contributed by atoms with Crippen LogP contribution in [0.1, 0.15) is 60.3 Å². The molecule has 2 fully saturated rings. The molecule has 0 radical (unpaired) electrons. The summed E-state index contributed by atoms with van der Waals surface area (Å²) in [6.07, 6.45) is 4.95. The van der Waals surface area contributed by atoms with Crippen LogP contribution in [0.25, 0.3) is 0 Å². The van der Waals surface area contributed by atoms with E-state index in [2.05, 4.69) is 11.8 Å². The Hall–Kier alpha value is -1.66. The van der Waals surface area contributed by atoms with E-state index in [-0.39, 0.29) is 18.6 Å². The van der Waals surface area contributed by atoms with Crippen LogP contribution in [0.4, 0.5) is 5.82 Å². The van der Waals surface area contributed by atoms with Crippen LogP contribution in [-0.4, -0.2) is 60.4 Å². The van der Waals surface area contributed by atoms with Gasteiger partial charge >= 0.3 is 0 Å². The van der Waals surface area contributed by atoms with Gasteiger partial charge < -0.3 is 19.6 Å². The number of nitrogens with zero attached hydrogens (tertiary/aromatic N) is 3. The summed E-state index contributed by atoms with van der Waals surface area (Å²) in [5.74, 6) is 0.889. The van der Waals surface area contributed by atoms with Gasteiger partial charge in [0.25, 0.3) is 5.91 Å². The Morgan fingerprint density at radius 3 is 2.65 bits per heavy atom. The van der Waals surface area contributed by atoms with Crippen molar-refractivity contribution >= 4 is 11.7 Å². The number of aliphatic hydroxyl groups excluding tert-OH is 1. The van der Waals surface area contributed by atoms with E-state index in [1.54, 1.807) is 11.9 Å². The van der Waals surface area contributed by atoms with Gasteiger partial charge in [-0.25, -0.2) is 4.98 Å². The lowest BCUT2D eigenvalue weighted by atomic mass is 10.0. The second-order valence-electron chi connectivity index (χ2n) is 8.48. The Balaban J connectivity index is 1.46. The average Bonchev–Trinajstić information content (AvgIpc) is 3.33. The summed E-state index contributed by atoms with van der Waals surface area (Å²) in [4.78, 5) is 21.0. The van der Waals surface area contributed by atoms with Gasteiger partial charge in [0.05, 0.1) is 36.6 Å². The number of anilines is 1. The molecule has 2 aliphatic heterocycles. The van der Waals surface area contributed by atoms with Crippen molar-refractivity contribution in [3.05, 3.63) is 22.9 Å². The fourth-order valence-electron chi connectivity index (χ4n) is 4.00. The van der Waals surface area contributed by atoms with Gasteiger partial charge in [-0.2, -0.15) is 0 Å². The molecule has 0 spiro atoms. The number of aliphatic hydroxyl groups is 1. The first-order chi connectivity index (χ1) is 12.4. The molecular weight excluding hydrogens is 330 g/mol. The second kappa shape index (κ2) is 6.50. The number of hydrogen-bond donors (Lipinski definition) is 1. The zero-order chi connectivity index (χ0) is 18.5. The maximum Gasteiger partial charge on any atom is 0.256 e. The number of aryl methyl sites for hydroxylation is 1. The standard InChI is InChI=1S/C20H29N3O3/c1-13-10-15-17(16(11-24)22(3)19(15)25)21-18(13)23-8-4-14(5-9-23)26-12-20(2)6-7-20/h10,14,16,24H,4-9,11-12H2,1-3H3/t16-/m0/s1. The molecule has 1 saturated heterocycles. The fourth-order valence-corrected chi connectivity index (χ4v) is 4.00. The van der Waals surface area contributed by atoms with Crippen molar-refractivity contribution in [3.63, 3.8) is 0 Å². The number of amides is 1. The molecule has 0 bridgehead atoms. The molecule has 1 atom stereocenters. The van der Waals surface area contributed by atoms with E-state index in [1.165, 1.54) is 12.8 Å². The highest BCUT2D eigenvalue weighted by Gasteiger charge is 2.39. The molecule has 6 heteroatoms.